The van der Waals surface area contributed by atoms with Crippen molar-refractivity contribution in [2.75, 3.05) is 6.54 Å². The van der Waals surface area contributed by atoms with Crippen molar-refractivity contribution in [3.63, 3.8) is 0 Å². The Bertz CT molecular complexity index is 787. The van der Waals surface area contributed by atoms with Crippen LogP contribution in [-0.4, -0.2) is 88.3 Å². The van der Waals surface area contributed by atoms with Crippen LogP contribution in [0.3, 0.4) is 0 Å². The zero-order valence-corrected chi connectivity index (χ0v) is 19.5. The number of carboxylic acid groups (broad SMARTS) is 1. The van der Waals surface area contributed by atoms with E-state index in [0.717, 1.165) is 0 Å². The smallest absolute Gasteiger partial charge is 0.325 e. The molecule has 1 heterocycles. The molecule has 0 aromatic heterocycles. The summed E-state index contributed by atoms with van der Waals surface area (Å²) >= 11 is 0. The van der Waals surface area contributed by atoms with E-state index in [-0.39, 0.29) is 0 Å². The Hall–Kier alpha value is -3.22. The summed E-state index contributed by atoms with van der Waals surface area (Å²) in [6, 6.07) is -5.63. The zero-order valence-electron chi connectivity index (χ0n) is 19.5. The third-order valence-electron chi connectivity index (χ3n) is 5.21. The van der Waals surface area contributed by atoms with Crippen molar-refractivity contribution < 1.29 is 33.9 Å². The minimum Gasteiger partial charge on any atom is -0.480 e. The molecule has 0 saturated carbocycles. The van der Waals surface area contributed by atoms with E-state index in [2.05, 4.69) is 21.3 Å². The van der Waals surface area contributed by atoms with E-state index in [9.17, 15) is 28.8 Å². The molecule has 0 aliphatic carbocycles. The van der Waals surface area contributed by atoms with E-state index in [1.807, 2.05) is 0 Å². The van der Waals surface area contributed by atoms with Gasteiger partial charge in [0.2, 0.25) is 29.5 Å². The first kappa shape index (κ1) is 27.8. The summed E-state index contributed by atoms with van der Waals surface area (Å²) in [5, 5.41) is 18.6. The highest BCUT2D eigenvalue weighted by atomic mass is 16.4. The average Bonchev–Trinajstić information content (AvgIpc) is 3.22. The number of hydrogen-bond acceptors (Lipinski definition) is 7. The quantitative estimate of drug-likeness (QED) is 0.200. The molecule has 6 atom stereocenters. The Morgan fingerprint density at radius 1 is 0.788 bits per heavy atom. The van der Waals surface area contributed by atoms with Gasteiger partial charge in [0.25, 0.3) is 0 Å². The summed E-state index contributed by atoms with van der Waals surface area (Å²) in [5.41, 5.74) is 5.46. The molecule has 0 aromatic carbocycles. The van der Waals surface area contributed by atoms with E-state index in [4.69, 9.17) is 10.8 Å². The van der Waals surface area contributed by atoms with Crippen LogP contribution in [0.2, 0.25) is 0 Å². The molecule has 1 rings (SSSR count). The van der Waals surface area contributed by atoms with E-state index < -0.39 is 71.8 Å². The Kier molecular flexibility index (Phi) is 10.2. The maximum atomic E-state index is 12.9. The van der Waals surface area contributed by atoms with Crippen molar-refractivity contribution in [3.8, 4) is 0 Å². The standard InChI is InChI=1S/C20H34N6O7/c1-9(21)15(27)22-10(2)16(28)24-12(4)19(31)26-8-6-7-14(26)18(30)23-11(3)17(29)25-13(5)20(32)33/h9-14H,6-8,21H2,1-5H3,(H,22,27)(H,23,30)(H,24,28)(H,25,29)(H,32,33)/t9-,10-,11-,12-,13-,14-/m0/s1. The van der Waals surface area contributed by atoms with Crippen molar-refractivity contribution in [3.05, 3.63) is 0 Å². The molecule has 0 radical (unpaired) electrons. The molecular weight excluding hydrogens is 436 g/mol. The molecule has 13 nitrogen and oxygen atoms in total. The highest BCUT2D eigenvalue weighted by Crippen LogP contribution is 2.19. The molecule has 1 saturated heterocycles. The number of aliphatic carboxylic acids is 1. The Morgan fingerprint density at radius 3 is 1.79 bits per heavy atom. The lowest BCUT2D eigenvalue weighted by Crippen LogP contribution is -2.57. The number of nitrogens with one attached hydrogen (secondary N) is 4. The monoisotopic (exact) mass is 470 g/mol. The van der Waals surface area contributed by atoms with Crippen molar-refractivity contribution in [1.29, 1.82) is 0 Å². The fraction of sp³-hybridized carbons (Fsp3) is 0.700. The van der Waals surface area contributed by atoms with E-state index >= 15 is 0 Å². The number of carbonyl (C=O) groups excluding carboxylic acids is 5. The number of hydrogen-bond donors (Lipinski definition) is 6. The van der Waals surface area contributed by atoms with Crippen molar-refractivity contribution >= 4 is 35.5 Å². The van der Waals surface area contributed by atoms with Crippen molar-refractivity contribution in [2.45, 2.75) is 83.7 Å². The topological polar surface area (TPSA) is 200 Å². The van der Waals surface area contributed by atoms with Gasteiger partial charge < -0.3 is 37.0 Å². The van der Waals surface area contributed by atoms with Crippen LogP contribution >= 0.6 is 0 Å². The average molecular weight is 471 g/mol. The fourth-order valence-corrected chi connectivity index (χ4v) is 3.14. The second-order valence-electron chi connectivity index (χ2n) is 8.24. The molecule has 13 heteroatoms. The van der Waals surface area contributed by atoms with Crippen LogP contribution in [0.15, 0.2) is 0 Å². The van der Waals surface area contributed by atoms with Crippen LogP contribution in [-0.2, 0) is 28.8 Å². The molecule has 7 N–H and O–H groups in total. The van der Waals surface area contributed by atoms with Crippen molar-refractivity contribution in [2.24, 2.45) is 5.73 Å². The summed E-state index contributed by atoms with van der Waals surface area (Å²) in [6.45, 7) is 7.40. The largest absolute Gasteiger partial charge is 0.480 e. The van der Waals surface area contributed by atoms with E-state index in [1.165, 1.54) is 39.5 Å². The predicted molar refractivity (Wildman–Crippen MR) is 116 cm³/mol. The molecule has 33 heavy (non-hydrogen) atoms. The highest BCUT2D eigenvalue weighted by Gasteiger charge is 2.37. The molecule has 186 valence electrons. The van der Waals surface area contributed by atoms with Crippen LogP contribution in [0.4, 0.5) is 0 Å². The van der Waals surface area contributed by atoms with E-state index in [1.54, 1.807) is 0 Å². The summed E-state index contributed by atoms with van der Waals surface area (Å²) in [5.74, 6) is -4.01. The van der Waals surface area contributed by atoms with Gasteiger partial charge in [0.15, 0.2) is 0 Å². The van der Waals surface area contributed by atoms with Gasteiger partial charge in [0.1, 0.15) is 30.2 Å². The van der Waals surface area contributed by atoms with Gasteiger partial charge in [-0.1, -0.05) is 0 Å². The Balaban J connectivity index is 2.69. The van der Waals surface area contributed by atoms with Gasteiger partial charge in [-0.25, -0.2) is 0 Å². The summed E-state index contributed by atoms with van der Waals surface area (Å²) < 4.78 is 0. The van der Waals surface area contributed by atoms with Crippen LogP contribution in [0.1, 0.15) is 47.5 Å². The maximum absolute atomic E-state index is 12.9. The first-order valence-corrected chi connectivity index (χ1v) is 10.8. The van der Waals surface area contributed by atoms with Gasteiger partial charge >= 0.3 is 5.97 Å². The van der Waals surface area contributed by atoms with Crippen LogP contribution < -0.4 is 27.0 Å². The van der Waals surface area contributed by atoms with Gasteiger partial charge in [-0.3, -0.25) is 28.8 Å². The molecule has 5 amide bonds. The summed E-state index contributed by atoms with van der Waals surface area (Å²) in [6.07, 6.45) is 0.931. The Labute approximate surface area is 192 Å². The fourth-order valence-electron chi connectivity index (χ4n) is 3.14. The lowest BCUT2D eigenvalue weighted by Gasteiger charge is -2.28. The number of likely N-dealkylation sites (tertiary alicyclic amines) is 1. The molecule has 0 bridgehead atoms. The highest BCUT2D eigenvalue weighted by molar-refractivity contribution is 5.96. The first-order valence-electron chi connectivity index (χ1n) is 10.8. The third kappa shape index (κ3) is 8.00. The minimum absolute atomic E-state index is 0.296. The second-order valence-corrected chi connectivity index (χ2v) is 8.24. The number of rotatable bonds is 10. The first-order chi connectivity index (χ1) is 15.3. The molecule has 1 aliphatic rings. The predicted octanol–water partition coefficient (Wildman–Crippen LogP) is -2.57. The number of carbonyl (C=O) groups is 6. The van der Waals surface area contributed by atoms with E-state index in [0.29, 0.717) is 19.4 Å². The lowest BCUT2D eigenvalue weighted by atomic mass is 10.1. The zero-order chi connectivity index (χ0) is 25.5. The number of nitrogens with two attached hydrogens (primary N) is 1. The minimum atomic E-state index is -1.21. The number of carboxylic acids is 1. The van der Waals surface area contributed by atoms with Crippen LogP contribution in [0.25, 0.3) is 0 Å². The second kappa shape index (κ2) is 12.1. The van der Waals surface area contributed by atoms with Gasteiger partial charge in [0.05, 0.1) is 6.04 Å². The normalized spacial score (nSPS) is 19.9. The van der Waals surface area contributed by atoms with Crippen LogP contribution in [0, 0.1) is 0 Å². The van der Waals surface area contributed by atoms with Gasteiger partial charge in [0, 0.05) is 6.54 Å². The third-order valence-corrected chi connectivity index (χ3v) is 5.21. The lowest BCUT2D eigenvalue weighted by molar-refractivity contribution is -0.143. The van der Waals surface area contributed by atoms with Gasteiger partial charge in [-0.05, 0) is 47.5 Å². The molecule has 0 aromatic rings. The maximum Gasteiger partial charge on any atom is 0.325 e. The number of nitrogens with zero attached hydrogens (tertiary/aromatic N) is 1. The molecular formula is C20H34N6O7. The molecule has 1 fully saturated rings. The number of amides is 5. The van der Waals surface area contributed by atoms with Gasteiger partial charge in [-0.2, -0.15) is 0 Å². The van der Waals surface area contributed by atoms with Gasteiger partial charge in [-0.15, -0.1) is 0 Å². The summed E-state index contributed by atoms with van der Waals surface area (Å²) in [4.78, 5) is 73.8. The Morgan fingerprint density at radius 2 is 1.27 bits per heavy atom. The van der Waals surface area contributed by atoms with Crippen molar-refractivity contribution in [1.82, 2.24) is 26.2 Å². The molecule has 1 aliphatic heterocycles. The van der Waals surface area contributed by atoms with Crippen LogP contribution in [0.5, 0.6) is 0 Å². The molecule has 0 spiro atoms. The summed E-state index contributed by atoms with van der Waals surface area (Å²) in [7, 11) is 0. The SMILES string of the molecule is C[C@H](N)C(=O)N[C@@H](C)C(=O)N[C@@H](C)C(=O)N1CCC[C@H]1C(=O)N[C@@H](C)C(=O)N[C@@H](C)C(=O)O. The molecule has 0 unspecified atom stereocenters.